The molecule has 0 radical (unpaired) electrons. The average Bonchev–Trinajstić information content (AvgIpc) is 3.18. The Morgan fingerprint density at radius 1 is 1.15 bits per heavy atom. The lowest BCUT2D eigenvalue weighted by Crippen LogP contribution is -2.06. The summed E-state index contributed by atoms with van der Waals surface area (Å²) in [6, 6.07) is 13.0. The van der Waals surface area contributed by atoms with Gasteiger partial charge < -0.3 is 5.32 Å². The Bertz CT molecular complexity index is 691. The Hall–Kier alpha value is -2.41. The van der Waals surface area contributed by atoms with Crippen molar-refractivity contribution in [1.82, 2.24) is 0 Å². The lowest BCUT2D eigenvalue weighted by atomic mass is 10.1. The normalized spacial score (nSPS) is 20.2. The molecule has 0 spiro atoms. The van der Waals surface area contributed by atoms with Gasteiger partial charge in [-0.25, -0.2) is 8.78 Å². The quantitative estimate of drug-likeness (QED) is 0.920. The molecule has 2 aromatic rings. The summed E-state index contributed by atoms with van der Waals surface area (Å²) in [7, 11) is 0. The molecule has 0 heterocycles. The van der Waals surface area contributed by atoms with Crippen LogP contribution in [-0.4, -0.2) is 6.04 Å². The van der Waals surface area contributed by atoms with Gasteiger partial charge in [-0.2, -0.15) is 5.26 Å². The predicted octanol–water partition coefficient (Wildman–Crippen LogP) is 3.80. The van der Waals surface area contributed by atoms with Gasteiger partial charge in [0.15, 0.2) is 0 Å². The number of benzene rings is 2. The molecule has 2 aromatic carbocycles. The van der Waals surface area contributed by atoms with Crippen molar-refractivity contribution in [2.45, 2.75) is 18.4 Å². The van der Waals surface area contributed by atoms with Crippen molar-refractivity contribution in [1.29, 1.82) is 5.26 Å². The van der Waals surface area contributed by atoms with Crippen molar-refractivity contribution in [3.8, 4) is 6.07 Å². The lowest BCUT2D eigenvalue weighted by molar-refractivity contribution is 0.624. The average molecular weight is 270 g/mol. The van der Waals surface area contributed by atoms with Gasteiger partial charge in [-0.05, 0) is 36.2 Å². The van der Waals surface area contributed by atoms with Crippen molar-refractivity contribution < 1.29 is 8.78 Å². The van der Waals surface area contributed by atoms with Gasteiger partial charge in [0, 0.05) is 12.0 Å². The lowest BCUT2D eigenvalue weighted by Gasteiger charge is -2.08. The number of nitrogens with zero attached hydrogens (tertiary/aromatic N) is 1. The summed E-state index contributed by atoms with van der Waals surface area (Å²) >= 11 is 0. The van der Waals surface area contributed by atoms with Crippen LogP contribution in [0.1, 0.15) is 23.5 Å². The Morgan fingerprint density at radius 2 is 1.95 bits per heavy atom. The van der Waals surface area contributed by atoms with E-state index in [1.54, 1.807) is 18.2 Å². The van der Waals surface area contributed by atoms with Gasteiger partial charge in [-0.3, -0.25) is 0 Å². The molecule has 2 atom stereocenters. The first-order chi connectivity index (χ1) is 9.69. The van der Waals surface area contributed by atoms with Gasteiger partial charge in [-0.15, -0.1) is 0 Å². The fourth-order valence-electron chi connectivity index (χ4n) is 2.42. The van der Waals surface area contributed by atoms with E-state index in [4.69, 9.17) is 5.26 Å². The molecule has 3 rings (SSSR count). The maximum atomic E-state index is 13.5. The van der Waals surface area contributed by atoms with Gasteiger partial charge in [0.1, 0.15) is 23.3 Å². The molecular formula is C16H12F2N2. The zero-order chi connectivity index (χ0) is 14.1. The fourth-order valence-corrected chi connectivity index (χ4v) is 2.42. The fraction of sp³-hybridized carbons (Fsp3) is 0.188. The molecule has 20 heavy (non-hydrogen) atoms. The summed E-state index contributed by atoms with van der Waals surface area (Å²) < 4.78 is 26.7. The zero-order valence-corrected chi connectivity index (χ0v) is 10.6. The van der Waals surface area contributed by atoms with Crippen LogP contribution in [0.2, 0.25) is 0 Å². The van der Waals surface area contributed by atoms with Crippen LogP contribution in [0, 0.1) is 23.0 Å². The second kappa shape index (κ2) is 4.93. The monoisotopic (exact) mass is 270 g/mol. The van der Waals surface area contributed by atoms with E-state index in [2.05, 4.69) is 5.32 Å². The summed E-state index contributed by atoms with van der Waals surface area (Å²) in [4.78, 5) is 0. The first kappa shape index (κ1) is 12.6. The van der Waals surface area contributed by atoms with Crippen LogP contribution in [0.4, 0.5) is 14.5 Å². The number of hydrogen-bond acceptors (Lipinski definition) is 2. The number of halogens is 2. The van der Waals surface area contributed by atoms with Crippen molar-refractivity contribution in [2.75, 3.05) is 5.32 Å². The Labute approximate surface area is 115 Å². The molecule has 0 unspecified atom stereocenters. The summed E-state index contributed by atoms with van der Waals surface area (Å²) in [5, 5.41) is 12.1. The maximum absolute atomic E-state index is 13.5. The standard InChI is InChI=1S/C16H12F2N2/c17-11-4-1-3-10(7-11)12-8-16(12)20-15-6-2-5-14(18)13(15)9-19/h1-7,12,16,20H,8H2/t12-,16+/m0/s1. The SMILES string of the molecule is N#Cc1c(F)cccc1N[C@@H]1C[C@H]1c1cccc(F)c1. The van der Waals surface area contributed by atoms with Crippen LogP contribution in [0.5, 0.6) is 0 Å². The third kappa shape index (κ3) is 2.35. The molecule has 1 aliphatic rings. The number of nitriles is 1. The number of anilines is 1. The molecule has 0 amide bonds. The van der Waals surface area contributed by atoms with Crippen molar-refractivity contribution in [3.63, 3.8) is 0 Å². The highest BCUT2D eigenvalue weighted by molar-refractivity contribution is 5.59. The molecule has 1 aliphatic carbocycles. The van der Waals surface area contributed by atoms with Crippen LogP contribution in [0.15, 0.2) is 42.5 Å². The van der Waals surface area contributed by atoms with Crippen LogP contribution in [-0.2, 0) is 0 Å². The number of hydrogen-bond donors (Lipinski definition) is 1. The van der Waals surface area contributed by atoms with Crippen molar-refractivity contribution >= 4 is 5.69 Å². The smallest absolute Gasteiger partial charge is 0.143 e. The molecule has 0 aliphatic heterocycles. The highest BCUT2D eigenvalue weighted by Gasteiger charge is 2.38. The first-order valence-corrected chi connectivity index (χ1v) is 6.39. The van der Waals surface area contributed by atoms with E-state index in [0.717, 1.165) is 12.0 Å². The highest BCUT2D eigenvalue weighted by Crippen LogP contribution is 2.43. The van der Waals surface area contributed by atoms with Gasteiger partial charge in [0.2, 0.25) is 0 Å². The van der Waals surface area contributed by atoms with Crippen molar-refractivity contribution in [3.05, 3.63) is 65.2 Å². The largest absolute Gasteiger partial charge is 0.381 e. The Morgan fingerprint density at radius 3 is 2.70 bits per heavy atom. The van der Waals surface area contributed by atoms with Crippen LogP contribution in [0.3, 0.4) is 0 Å². The minimum absolute atomic E-state index is 0.0254. The molecule has 100 valence electrons. The highest BCUT2D eigenvalue weighted by atomic mass is 19.1. The summed E-state index contributed by atoms with van der Waals surface area (Å²) in [5.41, 5.74) is 1.45. The first-order valence-electron chi connectivity index (χ1n) is 6.39. The number of rotatable bonds is 3. The molecule has 1 fully saturated rings. The molecule has 0 saturated heterocycles. The van der Waals surface area contributed by atoms with Gasteiger partial charge in [0.25, 0.3) is 0 Å². The van der Waals surface area contributed by atoms with Gasteiger partial charge >= 0.3 is 0 Å². The van der Waals surface area contributed by atoms with Gasteiger partial charge in [-0.1, -0.05) is 18.2 Å². The minimum atomic E-state index is -0.527. The van der Waals surface area contributed by atoms with Crippen LogP contribution < -0.4 is 5.32 Å². The molecule has 0 aromatic heterocycles. The second-order valence-corrected chi connectivity index (χ2v) is 4.92. The molecule has 2 nitrogen and oxygen atoms in total. The third-order valence-corrected chi connectivity index (χ3v) is 3.53. The van der Waals surface area contributed by atoms with E-state index in [9.17, 15) is 8.78 Å². The Kier molecular flexibility index (Phi) is 3.11. The molecular weight excluding hydrogens is 258 g/mol. The van der Waals surface area contributed by atoms with E-state index in [0.29, 0.717) is 5.69 Å². The van der Waals surface area contributed by atoms with Gasteiger partial charge in [0.05, 0.1) is 5.69 Å². The van der Waals surface area contributed by atoms with E-state index in [1.165, 1.54) is 18.2 Å². The third-order valence-electron chi connectivity index (χ3n) is 3.53. The summed E-state index contributed by atoms with van der Waals surface area (Å²) in [6.45, 7) is 0. The molecule has 1 saturated carbocycles. The van der Waals surface area contributed by atoms with E-state index >= 15 is 0 Å². The van der Waals surface area contributed by atoms with Crippen molar-refractivity contribution in [2.24, 2.45) is 0 Å². The minimum Gasteiger partial charge on any atom is -0.381 e. The summed E-state index contributed by atoms with van der Waals surface area (Å²) in [5.74, 6) is -0.572. The summed E-state index contributed by atoms with van der Waals surface area (Å²) in [6.07, 6.45) is 0.852. The second-order valence-electron chi connectivity index (χ2n) is 4.92. The molecule has 0 bridgehead atoms. The maximum Gasteiger partial charge on any atom is 0.143 e. The Balaban J connectivity index is 1.76. The van der Waals surface area contributed by atoms with Crippen LogP contribution >= 0.6 is 0 Å². The topological polar surface area (TPSA) is 35.8 Å². The number of nitrogens with one attached hydrogen (secondary N) is 1. The zero-order valence-electron chi connectivity index (χ0n) is 10.6. The van der Waals surface area contributed by atoms with E-state index in [-0.39, 0.29) is 23.3 Å². The van der Waals surface area contributed by atoms with E-state index < -0.39 is 5.82 Å². The molecule has 1 N–H and O–H groups in total. The predicted molar refractivity (Wildman–Crippen MR) is 72.3 cm³/mol. The van der Waals surface area contributed by atoms with Crippen LogP contribution in [0.25, 0.3) is 0 Å². The van der Waals surface area contributed by atoms with E-state index in [1.807, 2.05) is 12.1 Å². The molecule has 4 heteroatoms.